The Labute approximate surface area is 215 Å². The van der Waals surface area contributed by atoms with Crippen molar-refractivity contribution in [3.8, 4) is 0 Å². The predicted molar refractivity (Wildman–Crippen MR) is 142 cm³/mol. The molecule has 2 aromatic heterocycles. The van der Waals surface area contributed by atoms with E-state index < -0.39 is 5.60 Å². The number of nitrogens with zero attached hydrogens (tertiary/aromatic N) is 5. The van der Waals surface area contributed by atoms with Crippen LogP contribution in [-0.4, -0.2) is 54.5 Å². The van der Waals surface area contributed by atoms with Crippen molar-refractivity contribution in [3.63, 3.8) is 0 Å². The second-order valence-electron chi connectivity index (χ2n) is 10.2. The van der Waals surface area contributed by atoms with Gasteiger partial charge in [-0.15, -0.1) is 0 Å². The molecule has 0 radical (unpaired) electrons. The lowest BCUT2D eigenvalue weighted by Crippen LogP contribution is -2.39. The van der Waals surface area contributed by atoms with Gasteiger partial charge in [0.2, 0.25) is 5.95 Å². The molecule has 36 heavy (non-hydrogen) atoms. The quantitative estimate of drug-likeness (QED) is 0.420. The zero-order valence-electron chi connectivity index (χ0n) is 21.4. The molecule has 0 aliphatic carbocycles. The van der Waals surface area contributed by atoms with Crippen LogP contribution in [0.25, 0.3) is 11.0 Å². The third-order valence-corrected chi connectivity index (χ3v) is 6.52. The molecule has 1 aliphatic heterocycles. The molecule has 11 heteroatoms. The Kier molecular flexibility index (Phi) is 8.63. The monoisotopic (exact) mass is 518 g/mol. The van der Waals surface area contributed by atoms with Crippen LogP contribution in [0.4, 0.5) is 17.5 Å². The molecule has 0 saturated carbocycles. The number of fused-ring (bicyclic) bond motifs is 1. The Morgan fingerprint density at radius 2 is 1.86 bits per heavy atom. The number of aromatic nitrogens is 4. The SMILES string of the molecule is C[C@@H]1C[C@H](C)CN(c2ncc(Cl)c(Nc3ccc4c(c3)n(CCC(C)(C)O)c(=O)n4C)n2)C1.O=CO. The number of piperidine rings is 1. The van der Waals surface area contributed by atoms with Crippen molar-refractivity contribution in [2.45, 2.75) is 52.7 Å². The molecule has 2 atom stereocenters. The van der Waals surface area contributed by atoms with Gasteiger partial charge in [-0.3, -0.25) is 13.9 Å². The molecule has 4 rings (SSSR count). The van der Waals surface area contributed by atoms with Crippen LogP contribution in [0.3, 0.4) is 0 Å². The number of halogens is 1. The lowest BCUT2D eigenvalue weighted by atomic mass is 9.92. The largest absolute Gasteiger partial charge is 0.483 e. The summed E-state index contributed by atoms with van der Waals surface area (Å²) in [5.41, 5.74) is 1.43. The zero-order chi connectivity index (χ0) is 26.6. The molecular weight excluding hydrogens is 484 g/mol. The van der Waals surface area contributed by atoms with E-state index >= 15 is 0 Å². The summed E-state index contributed by atoms with van der Waals surface area (Å²) in [5, 5.41) is 20.8. The molecule has 3 N–H and O–H groups in total. The number of carboxylic acid groups (broad SMARTS) is 1. The molecule has 1 saturated heterocycles. The topological polar surface area (TPSA) is 126 Å². The second-order valence-corrected chi connectivity index (χ2v) is 10.6. The summed E-state index contributed by atoms with van der Waals surface area (Å²) in [6.07, 6.45) is 3.31. The van der Waals surface area contributed by atoms with E-state index in [1.54, 1.807) is 36.2 Å². The average Bonchev–Trinajstić information content (AvgIpc) is 3.02. The molecule has 1 aromatic carbocycles. The number of aliphatic hydroxyl groups is 1. The normalized spacial score (nSPS) is 18.0. The zero-order valence-corrected chi connectivity index (χ0v) is 22.2. The summed E-state index contributed by atoms with van der Waals surface area (Å²) >= 11 is 6.43. The number of hydrogen-bond donors (Lipinski definition) is 3. The van der Waals surface area contributed by atoms with E-state index in [9.17, 15) is 9.90 Å². The van der Waals surface area contributed by atoms with Gasteiger partial charge in [0.25, 0.3) is 6.47 Å². The summed E-state index contributed by atoms with van der Waals surface area (Å²) in [6, 6.07) is 5.74. The minimum atomic E-state index is -0.855. The van der Waals surface area contributed by atoms with Crippen molar-refractivity contribution < 1.29 is 15.0 Å². The van der Waals surface area contributed by atoms with Crippen LogP contribution >= 0.6 is 11.6 Å². The fourth-order valence-electron chi connectivity index (χ4n) is 4.65. The highest BCUT2D eigenvalue weighted by atomic mass is 35.5. The Morgan fingerprint density at radius 1 is 1.22 bits per heavy atom. The van der Waals surface area contributed by atoms with Gasteiger partial charge in [-0.1, -0.05) is 25.4 Å². The van der Waals surface area contributed by atoms with E-state index in [4.69, 9.17) is 26.5 Å². The van der Waals surface area contributed by atoms with Gasteiger partial charge in [-0.25, -0.2) is 9.78 Å². The van der Waals surface area contributed by atoms with Crippen LogP contribution in [0.1, 0.15) is 40.5 Å². The summed E-state index contributed by atoms with van der Waals surface area (Å²) in [6.45, 7) is 10.0. The number of anilines is 3. The summed E-state index contributed by atoms with van der Waals surface area (Å²) in [4.78, 5) is 32.5. The molecule has 196 valence electrons. The molecule has 3 aromatic rings. The van der Waals surface area contributed by atoms with Gasteiger partial charge >= 0.3 is 5.69 Å². The van der Waals surface area contributed by atoms with Crippen molar-refractivity contribution in [2.75, 3.05) is 23.3 Å². The van der Waals surface area contributed by atoms with Crippen molar-refractivity contribution in [3.05, 3.63) is 39.9 Å². The van der Waals surface area contributed by atoms with Crippen LogP contribution in [0.2, 0.25) is 5.02 Å². The second kappa shape index (κ2) is 11.3. The fourth-order valence-corrected chi connectivity index (χ4v) is 4.79. The highest BCUT2D eigenvalue weighted by molar-refractivity contribution is 6.32. The molecule has 0 bridgehead atoms. The molecule has 10 nitrogen and oxygen atoms in total. The maximum absolute atomic E-state index is 12.8. The molecule has 0 spiro atoms. The van der Waals surface area contributed by atoms with Crippen LogP contribution in [0.5, 0.6) is 0 Å². The van der Waals surface area contributed by atoms with Crippen molar-refractivity contribution in [1.29, 1.82) is 0 Å². The third-order valence-electron chi connectivity index (χ3n) is 6.24. The number of imidazole rings is 1. The van der Waals surface area contributed by atoms with E-state index in [0.717, 1.165) is 29.8 Å². The van der Waals surface area contributed by atoms with Gasteiger partial charge in [0.15, 0.2) is 5.82 Å². The van der Waals surface area contributed by atoms with Crippen LogP contribution in [-0.2, 0) is 18.4 Å². The minimum Gasteiger partial charge on any atom is -0.483 e. The molecule has 1 fully saturated rings. The highest BCUT2D eigenvalue weighted by Crippen LogP contribution is 2.29. The van der Waals surface area contributed by atoms with E-state index in [1.165, 1.54) is 6.42 Å². The standard InChI is InChI=1S/C24H33ClN6O2.CH2O2/c1-15-10-16(2)14-30(13-15)22-26-12-18(25)21(28-22)27-17-6-7-19-20(11-17)31(23(32)29(19)5)9-8-24(3,4)33;2-1-3/h6-7,11-12,15-16,33H,8-10,13-14H2,1-5H3,(H,26,27,28);1H,(H,2,3)/t15-,16+;. The summed E-state index contributed by atoms with van der Waals surface area (Å²) in [5.74, 6) is 2.38. The van der Waals surface area contributed by atoms with Crippen molar-refractivity contribution in [1.82, 2.24) is 19.1 Å². The maximum Gasteiger partial charge on any atom is 0.328 e. The molecule has 0 amide bonds. The average molecular weight is 519 g/mol. The first kappa shape index (κ1) is 27.5. The first-order chi connectivity index (χ1) is 16.9. The molecule has 3 heterocycles. The number of benzene rings is 1. The number of aryl methyl sites for hydroxylation is 2. The van der Waals surface area contributed by atoms with Crippen molar-refractivity contribution in [2.24, 2.45) is 18.9 Å². The Bertz CT molecular complexity index is 1260. The van der Waals surface area contributed by atoms with Gasteiger partial charge in [-0.05, 0) is 56.7 Å². The third kappa shape index (κ3) is 6.55. The van der Waals surface area contributed by atoms with E-state index in [2.05, 4.69) is 29.0 Å². The van der Waals surface area contributed by atoms with Crippen LogP contribution in [0, 0.1) is 11.8 Å². The number of rotatable bonds is 6. The lowest BCUT2D eigenvalue weighted by Gasteiger charge is -2.35. The summed E-state index contributed by atoms with van der Waals surface area (Å²) in [7, 11) is 1.76. The molecule has 0 unspecified atom stereocenters. The van der Waals surface area contributed by atoms with Gasteiger partial charge < -0.3 is 20.4 Å². The maximum atomic E-state index is 12.8. The van der Waals surface area contributed by atoms with E-state index in [0.29, 0.717) is 41.6 Å². The Balaban J connectivity index is 0.00000115. The predicted octanol–water partition coefficient (Wildman–Crippen LogP) is 3.87. The first-order valence-electron chi connectivity index (χ1n) is 12.0. The van der Waals surface area contributed by atoms with Crippen LogP contribution < -0.4 is 15.9 Å². The number of hydrogen-bond acceptors (Lipinski definition) is 7. The highest BCUT2D eigenvalue weighted by Gasteiger charge is 2.24. The van der Waals surface area contributed by atoms with Gasteiger partial charge in [0, 0.05) is 32.4 Å². The van der Waals surface area contributed by atoms with Crippen LogP contribution in [0.15, 0.2) is 29.2 Å². The fraction of sp³-hybridized carbons (Fsp3) is 0.520. The van der Waals surface area contributed by atoms with Gasteiger partial charge in [0.05, 0.1) is 22.8 Å². The van der Waals surface area contributed by atoms with Gasteiger partial charge in [0.1, 0.15) is 5.02 Å². The minimum absolute atomic E-state index is 0.109. The molecular formula is C25H35ClN6O4. The lowest BCUT2D eigenvalue weighted by molar-refractivity contribution is -0.122. The summed E-state index contributed by atoms with van der Waals surface area (Å²) < 4.78 is 3.32. The Hall–Kier alpha value is -3.11. The van der Waals surface area contributed by atoms with Gasteiger partial charge in [-0.2, -0.15) is 4.98 Å². The molecule has 1 aliphatic rings. The number of nitrogens with one attached hydrogen (secondary N) is 1. The van der Waals surface area contributed by atoms with E-state index in [1.807, 2.05) is 18.2 Å². The smallest absolute Gasteiger partial charge is 0.328 e. The van der Waals surface area contributed by atoms with E-state index in [-0.39, 0.29) is 12.2 Å². The number of carbonyl (C=O) groups is 1. The Morgan fingerprint density at radius 3 is 2.47 bits per heavy atom. The first-order valence-corrected chi connectivity index (χ1v) is 12.3. The van der Waals surface area contributed by atoms with Crippen molar-refractivity contribution >= 4 is 46.6 Å².